The molecule has 0 aromatic heterocycles. The van der Waals surface area contributed by atoms with Gasteiger partial charge in [-0.1, -0.05) is 0 Å². The molecule has 46 nitrogen and oxygen atoms in total. The average Bonchev–Trinajstić information content (AvgIpc) is 0.795. The van der Waals surface area contributed by atoms with Gasteiger partial charge in [0.2, 0.25) is 23.6 Å². The first kappa shape index (κ1) is 84.1. The van der Waals surface area contributed by atoms with Gasteiger partial charge in [0.05, 0.1) is 77.3 Å². The van der Waals surface area contributed by atoms with E-state index >= 15 is 0 Å². The smallest absolute Gasteiger partial charge is 0.394 e. The van der Waals surface area contributed by atoms with Crippen LogP contribution in [-0.4, -0.2) is 370 Å². The highest BCUT2D eigenvalue weighted by Gasteiger charge is 2.56. The van der Waals surface area contributed by atoms with Crippen LogP contribution >= 0.6 is 0 Å². The van der Waals surface area contributed by atoms with Gasteiger partial charge in [-0.2, -0.15) is 25.3 Å². The lowest BCUT2D eigenvalue weighted by molar-refractivity contribution is -0.352. The Labute approximate surface area is 581 Å². The van der Waals surface area contributed by atoms with Crippen molar-refractivity contribution in [3.05, 3.63) is 0 Å². The van der Waals surface area contributed by atoms with Crippen LogP contribution in [-0.2, 0) is 139 Å². The van der Waals surface area contributed by atoms with Gasteiger partial charge in [0, 0.05) is 60.5 Å². The van der Waals surface area contributed by atoms with Crippen LogP contribution in [0.5, 0.6) is 0 Å². The number of amides is 4. The predicted octanol–water partition coefficient (Wildman–Crippen LogP) is -11.1. The second-order valence-corrected chi connectivity index (χ2v) is 28.1. The monoisotopic (exact) mass is 1550 g/mol. The Morgan fingerprint density at radius 2 is 0.627 bits per heavy atom. The molecule has 8 heterocycles. The molecule has 4 amide bonds. The average molecular weight is 1550 g/mol. The first-order valence-corrected chi connectivity index (χ1v) is 35.7. The van der Waals surface area contributed by atoms with Gasteiger partial charge in [0.25, 0.3) is 0 Å². The minimum atomic E-state index is -5.30. The minimum Gasteiger partial charge on any atom is -0.394 e. The van der Waals surface area contributed by atoms with Gasteiger partial charge in [-0.15, -0.1) is 0 Å². The molecule has 8 saturated heterocycles. The van der Waals surface area contributed by atoms with E-state index in [1.807, 2.05) is 0 Å². The summed E-state index contributed by atoms with van der Waals surface area (Å²) >= 11 is 0. The number of carbonyl (C=O) groups excluding carboxylic acids is 4. The van der Waals surface area contributed by atoms with Crippen molar-refractivity contribution in [1.82, 2.24) is 21.3 Å². The fourth-order valence-electron chi connectivity index (χ4n) is 12.4. The van der Waals surface area contributed by atoms with Crippen LogP contribution in [0.25, 0.3) is 0 Å². The largest absolute Gasteiger partial charge is 0.397 e. The van der Waals surface area contributed by atoms with Gasteiger partial charge in [-0.25, -0.2) is 12.5 Å². The van der Waals surface area contributed by atoms with Crippen molar-refractivity contribution in [2.75, 3.05) is 60.0 Å². The summed E-state index contributed by atoms with van der Waals surface area (Å²) in [6.45, 7) is -2.08. The fraction of sp³-hybridized carbons (Fsp3) is 0.925. The third-order valence-electron chi connectivity index (χ3n) is 17.1. The molecule has 0 radical (unpaired) electrons. The lowest BCUT2D eigenvalue weighted by Crippen LogP contribution is -2.68. The number of aliphatic hydroxyl groups excluding tert-OH is 10. The van der Waals surface area contributed by atoms with Crippen LogP contribution in [0, 0.1) is 0 Å². The van der Waals surface area contributed by atoms with E-state index in [0.29, 0.717) is 0 Å². The van der Waals surface area contributed by atoms with Gasteiger partial charge in [-0.3, -0.25) is 32.8 Å². The highest BCUT2D eigenvalue weighted by molar-refractivity contribution is 7.81. The van der Waals surface area contributed by atoms with E-state index in [0.717, 1.165) is 34.8 Å². The maximum Gasteiger partial charge on any atom is 0.397 e. The number of methoxy groups -OCH3 is 1. The second-order valence-electron chi connectivity index (χ2n) is 24.9. The number of hydrogen-bond acceptors (Lipinski definition) is 39. The summed E-state index contributed by atoms with van der Waals surface area (Å²) in [6, 6.07) is -6.21. The summed E-state index contributed by atoms with van der Waals surface area (Å²) in [7, 11) is -14.5. The second kappa shape index (κ2) is 36.6. The predicted molar refractivity (Wildman–Crippen MR) is 317 cm³/mol. The summed E-state index contributed by atoms with van der Waals surface area (Å²) in [6.07, 6.45) is -47.2. The molecule has 102 heavy (non-hydrogen) atoms. The molecule has 17 N–H and O–H groups in total. The van der Waals surface area contributed by atoms with E-state index in [2.05, 4.69) is 33.8 Å². The SMILES string of the molecule is CO[C@H]1OC(COS(=O)(=O)O)[C@@H](O[C@H]2C[C@H](O)[C@@H](O[C@@H]3OC(COS(=O)(=O)O)[C@@H](O[C@H]4C[C@H](O)[C@@H](O[C@@H]5OC(COS(=O)(=O)O)[C@@H](O[C@H]6C[C@H](O)[C@@H](O[C@@H]7OC(CO)[C@@H](O[C@H]8C[C@H](O)[C@H](O)CO8)[C@H](O)C7NC(C)=O)CO6)[C@H](O)C5NC(C)=O)CO4)[C@H](O)C3NC(C)=O)CO2)[C@H](O)C1NC(C)=O. The van der Waals surface area contributed by atoms with Crippen molar-refractivity contribution >= 4 is 54.8 Å². The lowest BCUT2D eigenvalue weighted by Gasteiger charge is -2.48. The van der Waals surface area contributed by atoms with Crippen LogP contribution in [0.4, 0.5) is 0 Å². The van der Waals surface area contributed by atoms with Gasteiger partial charge < -0.3 is 148 Å². The first-order valence-electron chi connectivity index (χ1n) is 31.7. The van der Waals surface area contributed by atoms with Crippen LogP contribution in [0.1, 0.15) is 53.4 Å². The molecule has 0 aliphatic carbocycles. The maximum absolute atomic E-state index is 12.7. The zero-order valence-electron chi connectivity index (χ0n) is 54.8. The molecule has 0 aromatic carbocycles. The van der Waals surface area contributed by atoms with E-state index in [1.54, 1.807) is 0 Å². The summed E-state index contributed by atoms with van der Waals surface area (Å²) in [4.78, 5) is 49.9. The Morgan fingerprint density at radius 1 is 0.373 bits per heavy atom. The van der Waals surface area contributed by atoms with Crippen LogP contribution in [0.2, 0.25) is 0 Å². The molecule has 8 aliphatic heterocycles. The highest BCUT2D eigenvalue weighted by Crippen LogP contribution is 2.37. The van der Waals surface area contributed by atoms with Crippen molar-refractivity contribution in [3.63, 3.8) is 0 Å². The minimum absolute atomic E-state index is 0.238. The number of carbonyl (C=O) groups is 4. The number of aliphatic hydroxyl groups is 10. The molecule has 32 atom stereocenters. The molecule has 8 fully saturated rings. The van der Waals surface area contributed by atoms with Gasteiger partial charge in [0.1, 0.15) is 122 Å². The molecular weight excluding hydrogens is 1460 g/mol. The third-order valence-corrected chi connectivity index (χ3v) is 18.5. The van der Waals surface area contributed by atoms with E-state index in [4.69, 9.17) is 75.8 Å². The molecule has 0 bridgehead atoms. The van der Waals surface area contributed by atoms with Crippen molar-refractivity contribution in [2.24, 2.45) is 0 Å². The number of hydrogen-bond donors (Lipinski definition) is 17. The zero-order chi connectivity index (χ0) is 75.0. The highest BCUT2D eigenvalue weighted by atomic mass is 32.3. The molecule has 8 unspecified atom stereocenters. The molecule has 8 rings (SSSR count). The maximum atomic E-state index is 12.7. The Bertz CT molecular complexity index is 3100. The molecule has 8 aliphatic rings. The Kier molecular flexibility index (Phi) is 30.1. The summed E-state index contributed by atoms with van der Waals surface area (Å²) in [5, 5.41) is 121. The van der Waals surface area contributed by atoms with E-state index in [9.17, 15) is 109 Å². The molecular formula is C53H88N4O42S3. The lowest BCUT2D eigenvalue weighted by atomic mass is 9.95. The normalized spacial score (nSPS) is 42.6. The Balaban J connectivity index is 0.904. The summed E-state index contributed by atoms with van der Waals surface area (Å²) in [5.74, 6) is -3.01. The van der Waals surface area contributed by atoms with Crippen molar-refractivity contribution in [1.29, 1.82) is 0 Å². The van der Waals surface area contributed by atoms with Gasteiger partial charge in [-0.05, 0) is 0 Å². The van der Waals surface area contributed by atoms with Crippen LogP contribution in [0.15, 0.2) is 0 Å². The summed E-state index contributed by atoms with van der Waals surface area (Å²) < 4.78 is 206. The standard InChI is InChI=1S/C53H88N4O42S3/c1-18(59)54-38-42(68)47(31(93-50(38)81-5)15-86-100(72,73)74)97-35-8-24(65)29(13-84-35)91-52-41(57-21(4)62)45(71)49(33(95-52)17-88-102(78,79)80)99-37-9-25(66)30(14-85-37)92-53-40(56-20(3)61)44(70)48(32(94-53)16-87-101(75,76)77)98-36-7-23(64)28(12-83-36)90-51-39(55-19(2)60)43(69)46(27(10-58)89-51)96-34-6-22(63)26(67)11-82-34/h22-53,58,63-71H,6-17H2,1-5H3,(H,54,59)(H,55,60)(H,56,61)(H,57,62)(H,72,73,74)(H,75,76,77)(H,78,79,80)/t22-,23-,24-,25-,26+,27?,28-,29-,30-,31?,32?,33?,34-,35-,36-,37-,38?,39?,40?,41?,42+,43+,44+,45+,46+,47+,48+,49+,50-,51-,52+,53+/m0/s1. The number of ether oxygens (including phenoxy) is 16. The molecule has 590 valence electrons. The number of rotatable bonds is 29. The third kappa shape index (κ3) is 23.2. The Morgan fingerprint density at radius 3 is 0.882 bits per heavy atom. The van der Waals surface area contributed by atoms with Gasteiger partial charge >= 0.3 is 31.2 Å². The molecule has 49 heteroatoms. The Hall–Kier alpha value is -3.55. The van der Waals surface area contributed by atoms with E-state index in [-0.39, 0.29) is 13.0 Å². The van der Waals surface area contributed by atoms with Crippen LogP contribution < -0.4 is 21.3 Å². The zero-order valence-corrected chi connectivity index (χ0v) is 57.3. The molecule has 0 spiro atoms. The van der Waals surface area contributed by atoms with Gasteiger partial charge in [0.15, 0.2) is 50.3 Å². The van der Waals surface area contributed by atoms with Crippen LogP contribution in [0.3, 0.4) is 0 Å². The molecule has 0 saturated carbocycles. The quantitative estimate of drug-likeness (QED) is 0.0309. The molecule has 0 aromatic rings. The topological polar surface area (TPSA) is 657 Å². The fourth-order valence-corrected chi connectivity index (χ4v) is 13.3. The van der Waals surface area contributed by atoms with Crippen molar-refractivity contribution < 1.29 is 197 Å². The van der Waals surface area contributed by atoms with Crippen molar-refractivity contribution in [3.8, 4) is 0 Å². The van der Waals surface area contributed by atoms with E-state index < -0.39 is 317 Å². The van der Waals surface area contributed by atoms with E-state index in [1.165, 1.54) is 0 Å². The van der Waals surface area contributed by atoms with Crippen molar-refractivity contribution in [2.45, 2.75) is 250 Å². The summed E-state index contributed by atoms with van der Waals surface area (Å²) in [5.41, 5.74) is 0. The number of nitrogens with one attached hydrogen (secondary N) is 4. The first-order chi connectivity index (χ1) is 47.8.